The minimum absolute atomic E-state index is 0.106. The van der Waals surface area contributed by atoms with Gasteiger partial charge in [0.1, 0.15) is 17.0 Å². The molecule has 7 nitrogen and oxygen atoms in total. The van der Waals surface area contributed by atoms with E-state index in [4.69, 9.17) is 11.6 Å². The van der Waals surface area contributed by atoms with Crippen molar-refractivity contribution in [2.24, 2.45) is 0 Å². The van der Waals surface area contributed by atoms with Crippen LogP contribution >= 0.6 is 22.9 Å². The Morgan fingerprint density at radius 3 is 2.94 bits per heavy atom. The first-order chi connectivity index (χ1) is 15.5. The molecule has 0 saturated carbocycles. The van der Waals surface area contributed by atoms with Gasteiger partial charge in [-0.25, -0.2) is 9.97 Å². The summed E-state index contributed by atoms with van der Waals surface area (Å²) in [6.07, 6.45) is 4.69. The van der Waals surface area contributed by atoms with Crippen LogP contribution in [-0.4, -0.2) is 52.9 Å². The maximum atomic E-state index is 12.8. The number of halogens is 1. The van der Waals surface area contributed by atoms with Crippen LogP contribution in [-0.2, 0) is 11.2 Å². The smallest absolute Gasteiger partial charge is 0.261 e. The highest BCUT2D eigenvalue weighted by molar-refractivity contribution is 7.20. The lowest BCUT2D eigenvalue weighted by molar-refractivity contribution is -0.127. The Morgan fingerprint density at radius 2 is 2.16 bits per heavy atom. The molecule has 0 unspecified atom stereocenters. The molecule has 32 heavy (non-hydrogen) atoms. The van der Waals surface area contributed by atoms with Crippen molar-refractivity contribution < 1.29 is 9.59 Å². The molecule has 1 saturated heterocycles. The molecule has 1 aliphatic rings. The summed E-state index contributed by atoms with van der Waals surface area (Å²) in [5.74, 6) is 0.870. The number of fused-ring (bicyclic) bond motifs is 1. The van der Waals surface area contributed by atoms with E-state index in [9.17, 15) is 9.59 Å². The highest BCUT2D eigenvalue weighted by Crippen LogP contribution is 2.33. The van der Waals surface area contributed by atoms with Crippen LogP contribution in [0.1, 0.15) is 40.1 Å². The van der Waals surface area contributed by atoms with E-state index >= 15 is 0 Å². The number of nitrogens with one attached hydrogen (secondary N) is 2. The third kappa shape index (κ3) is 5.19. The van der Waals surface area contributed by atoms with E-state index in [0.717, 1.165) is 53.1 Å². The van der Waals surface area contributed by atoms with Gasteiger partial charge in [-0.2, -0.15) is 0 Å². The highest BCUT2D eigenvalue weighted by atomic mass is 35.5. The molecule has 1 aromatic carbocycles. The third-order valence-corrected chi connectivity index (χ3v) is 7.02. The maximum Gasteiger partial charge on any atom is 0.261 e. The van der Waals surface area contributed by atoms with Gasteiger partial charge in [-0.05, 0) is 49.4 Å². The lowest BCUT2D eigenvalue weighted by Gasteiger charge is -2.15. The number of carbonyl (C=O) groups excluding carboxylic acids is 2. The summed E-state index contributed by atoms with van der Waals surface area (Å²) in [6, 6.07) is 7.65. The number of carbonyl (C=O) groups is 2. The topological polar surface area (TPSA) is 87.2 Å². The van der Waals surface area contributed by atoms with Crippen molar-refractivity contribution >= 4 is 50.8 Å². The molecule has 0 radical (unpaired) electrons. The van der Waals surface area contributed by atoms with Gasteiger partial charge in [0, 0.05) is 37.6 Å². The molecule has 0 aliphatic carbocycles. The fourth-order valence-electron chi connectivity index (χ4n) is 3.93. The van der Waals surface area contributed by atoms with Crippen LogP contribution in [0.4, 0.5) is 5.82 Å². The zero-order chi connectivity index (χ0) is 22.5. The number of amides is 2. The molecule has 3 heterocycles. The average Bonchev–Trinajstić information content (AvgIpc) is 3.34. The van der Waals surface area contributed by atoms with Crippen LogP contribution in [0.25, 0.3) is 10.2 Å². The van der Waals surface area contributed by atoms with Gasteiger partial charge in [0.25, 0.3) is 5.91 Å². The Labute approximate surface area is 196 Å². The van der Waals surface area contributed by atoms with Gasteiger partial charge < -0.3 is 15.5 Å². The molecule has 2 aromatic heterocycles. The predicted octanol–water partition coefficient (Wildman–Crippen LogP) is 4.05. The Kier molecular flexibility index (Phi) is 7.22. The van der Waals surface area contributed by atoms with Crippen molar-refractivity contribution in [1.82, 2.24) is 20.2 Å². The molecule has 168 valence electrons. The first-order valence-electron chi connectivity index (χ1n) is 10.8. The van der Waals surface area contributed by atoms with Crippen LogP contribution in [0.3, 0.4) is 0 Å². The monoisotopic (exact) mass is 471 g/mol. The largest absolute Gasteiger partial charge is 0.369 e. The molecule has 0 bridgehead atoms. The minimum atomic E-state index is -0.106. The zero-order valence-electron chi connectivity index (χ0n) is 18.0. The average molecular weight is 472 g/mol. The first kappa shape index (κ1) is 22.5. The van der Waals surface area contributed by atoms with Gasteiger partial charge in [0.2, 0.25) is 5.91 Å². The molecule has 1 fully saturated rings. The van der Waals surface area contributed by atoms with Crippen LogP contribution in [0, 0.1) is 6.92 Å². The second-order valence-corrected chi connectivity index (χ2v) is 9.29. The van der Waals surface area contributed by atoms with Gasteiger partial charge in [-0.1, -0.05) is 23.7 Å². The molecular weight excluding hydrogens is 446 g/mol. The lowest BCUT2D eigenvalue weighted by atomic mass is 10.1. The van der Waals surface area contributed by atoms with E-state index in [1.807, 2.05) is 36.1 Å². The quantitative estimate of drug-likeness (QED) is 0.460. The van der Waals surface area contributed by atoms with Crippen molar-refractivity contribution in [3.05, 3.63) is 51.6 Å². The van der Waals surface area contributed by atoms with Gasteiger partial charge >= 0.3 is 0 Å². The normalized spacial score (nSPS) is 13.7. The van der Waals surface area contributed by atoms with Crippen molar-refractivity contribution in [3.8, 4) is 0 Å². The number of aryl methyl sites for hydroxylation is 1. The number of anilines is 1. The SMILES string of the molecule is Cc1c(C(=O)NCCc2cccc(Cl)c2)sc2ncnc(NCCCN3CCCC3=O)c12. The van der Waals surface area contributed by atoms with Crippen molar-refractivity contribution in [1.29, 1.82) is 0 Å². The standard InChI is InChI=1S/C23H26ClN5O2S/c1-15-19-21(25-9-4-12-29-11-3-7-18(29)30)27-14-28-23(19)32-20(15)22(31)26-10-8-16-5-2-6-17(24)13-16/h2,5-6,13-14H,3-4,7-12H2,1H3,(H,26,31)(H,25,27,28). The van der Waals surface area contributed by atoms with Crippen LogP contribution < -0.4 is 10.6 Å². The zero-order valence-corrected chi connectivity index (χ0v) is 19.6. The summed E-state index contributed by atoms with van der Waals surface area (Å²) < 4.78 is 0. The number of aromatic nitrogens is 2. The fraction of sp³-hybridized carbons (Fsp3) is 0.391. The molecule has 2 N–H and O–H groups in total. The van der Waals surface area contributed by atoms with E-state index < -0.39 is 0 Å². The highest BCUT2D eigenvalue weighted by Gasteiger charge is 2.20. The second kappa shape index (κ2) is 10.3. The molecule has 1 aliphatic heterocycles. The van der Waals surface area contributed by atoms with Gasteiger partial charge in [0.05, 0.1) is 10.3 Å². The second-order valence-electron chi connectivity index (χ2n) is 7.86. The number of nitrogens with zero attached hydrogens (tertiary/aromatic N) is 3. The number of hydrogen-bond acceptors (Lipinski definition) is 6. The van der Waals surface area contributed by atoms with Crippen molar-refractivity contribution in [2.45, 2.75) is 32.6 Å². The predicted molar refractivity (Wildman–Crippen MR) is 129 cm³/mol. The Balaban J connectivity index is 1.37. The molecule has 9 heteroatoms. The van der Waals surface area contributed by atoms with Gasteiger partial charge in [0.15, 0.2) is 0 Å². The molecule has 2 amide bonds. The molecule has 4 rings (SSSR count). The molecular formula is C23H26ClN5O2S. The number of benzene rings is 1. The Hall–Kier alpha value is -2.71. The maximum absolute atomic E-state index is 12.8. The summed E-state index contributed by atoms with van der Waals surface area (Å²) in [4.78, 5) is 36.7. The van der Waals surface area contributed by atoms with E-state index in [-0.39, 0.29) is 11.8 Å². The van der Waals surface area contributed by atoms with Crippen molar-refractivity contribution in [2.75, 3.05) is 31.5 Å². The number of rotatable bonds is 9. The number of hydrogen-bond donors (Lipinski definition) is 2. The van der Waals surface area contributed by atoms with Crippen LogP contribution in [0.5, 0.6) is 0 Å². The molecule has 0 spiro atoms. The summed E-state index contributed by atoms with van der Waals surface area (Å²) >= 11 is 7.40. The van der Waals surface area contributed by atoms with E-state index in [1.54, 1.807) is 0 Å². The summed E-state index contributed by atoms with van der Waals surface area (Å²) in [5.41, 5.74) is 1.96. The number of likely N-dealkylation sites (tertiary alicyclic amines) is 1. The summed E-state index contributed by atoms with van der Waals surface area (Å²) in [7, 11) is 0. The fourth-order valence-corrected chi connectivity index (χ4v) is 5.21. The minimum Gasteiger partial charge on any atom is -0.369 e. The van der Waals surface area contributed by atoms with Crippen LogP contribution in [0.15, 0.2) is 30.6 Å². The number of thiophene rings is 1. The van der Waals surface area contributed by atoms with Gasteiger partial charge in [-0.15, -0.1) is 11.3 Å². The first-order valence-corrected chi connectivity index (χ1v) is 12.0. The Morgan fingerprint density at radius 1 is 1.28 bits per heavy atom. The van der Waals surface area contributed by atoms with Crippen molar-refractivity contribution in [3.63, 3.8) is 0 Å². The third-order valence-electron chi connectivity index (χ3n) is 5.59. The lowest BCUT2D eigenvalue weighted by Crippen LogP contribution is -2.27. The molecule has 3 aromatic rings. The van der Waals surface area contributed by atoms with Gasteiger partial charge in [-0.3, -0.25) is 9.59 Å². The summed E-state index contributed by atoms with van der Waals surface area (Å²) in [5, 5.41) is 7.94. The summed E-state index contributed by atoms with van der Waals surface area (Å²) in [6.45, 7) is 4.77. The van der Waals surface area contributed by atoms with E-state index in [2.05, 4.69) is 20.6 Å². The van der Waals surface area contributed by atoms with Crippen LogP contribution in [0.2, 0.25) is 5.02 Å². The Bertz CT molecular complexity index is 1130. The molecule has 0 atom stereocenters. The van der Waals surface area contributed by atoms with E-state index in [1.165, 1.54) is 17.7 Å². The van der Waals surface area contributed by atoms with E-state index in [0.29, 0.717) is 35.8 Å².